The number of benzene rings is 2. The molecule has 3 aromatic rings. The van der Waals surface area contributed by atoms with Crippen LogP contribution in [-0.2, 0) is 4.74 Å². The van der Waals surface area contributed by atoms with Gasteiger partial charge in [0.2, 0.25) is 5.89 Å². The second-order valence-corrected chi connectivity index (χ2v) is 6.19. The fraction of sp³-hybridized carbons (Fsp3) is 0.167. The first-order valence-corrected chi connectivity index (χ1v) is 8.28. The highest BCUT2D eigenvalue weighted by atomic mass is 35.5. The number of aryl methyl sites for hydroxylation is 1. The molecule has 0 saturated heterocycles. The molecule has 27 heavy (non-hydrogen) atoms. The lowest BCUT2D eigenvalue weighted by molar-refractivity contribution is -0.384. The van der Waals surface area contributed by atoms with Gasteiger partial charge in [0.1, 0.15) is 0 Å². The molecular weight excluding hydrogens is 374 g/mol. The molecule has 1 atom stereocenters. The number of halogens is 1. The van der Waals surface area contributed by atoms with E-state index in [0.717, 1.165) is 17.2 Å². The van der Waals surface area contributed by atoms with Gasteiger partial charge in [-0.05, 0) is 32.0 Å². The summed E-state index contributed by atoms with van der Waals surface area (Å²) in [6, 6.07) is 11.0. The Kier molecular flexibility index (Phi) is 5.18. The minimum absolute atomic E-state index is 0.00684. The van der Waals surface area contributed by atoms with E-state index in [9.17, 15) is 14.9 Å². The van der Waals surface area contributed by atoms with Crippen molar-refractivity contribution in [3.05, 3.63) is 74.6 Å². The zero-order chi connectivity index (χ0) is 19.6. The molecular formula is C18H14ClN3O5. The second-order valence-electron chi connectivity index (χ2n) is 5.78. The predicted octanol–water partition coefficient (Wildman–Crippen LogP) is 4.52. The van der Waals surface area contributed by atoms with Crippen LogP contribution in [0.5, 0.6) is 0 Å². The average Bonchev–Trinajstić information content (AvgIpc) is 3.12. The van der Waals surface area contributed by atoms with Crippen LogP contribution in [0, 0.1) is 17.0 Å². The molecule has 2 aromatic carbocycles. The summed E-state index contributed by atoms with van der Waals surface area (Å²) in [6.45, 7) is 3.54. The Hall–Kier alpha value is -3.26. The van der Waals surface area contributed by atoms with Crippen molar-refractivity contribution in [2.75, 3.05) is 0 Å². The summed E-state index contributed by atoms with van der Waals surface area (Å²) in [6.07, 6.45) is -0.824. The summed E-state index contributed by atoms with van der Waals surface area (Å²) in [5.74, 6) is -0.323. The van der Waals surface area contributed by atoms with Crippen molar-refractivity contribution < 1.29 is 18.9 Å². The Morgan fingerprint density at radius 3 is 2.56 bits per heavy atom. The van der Waals surface area contributed by atoms with Crippen LogP contribution in [0.2, 0.25) is 5.02 Å². The molecule has 0 spiro atoms. The Morgan fingerprint density at radius 2 is 1.93 bits per heavy atom. The third-order valence-corrected chi connectivity index (χ3v) is 4.07. The highest BCUT2D eigenvalue weighted by molar-refractivity contribution is 6.33. The van der Waals surface area contributed by atoms with Gasteiger partial charge < -0.3 is 9.15 Å². The molecule has 1 aromatic heterocycles. The zero-order valence-electron chi connectivity index (χ0n) is 14.4. The summed E-state index contributed by atoms with van der Waals surface area (Å²) in [7, 11) is 0. The Balaban J connectivity index is 1.74. The van der Waals surface area contributed by atoms with E-state index in [0.29, 0.717) is 5.89 Å². The number of carbonyl (C=O) groups excluding carboxylic acids is 1. The number of hydrogen-bond acceptors (Lipinski definition) is 7. The van der Waals surface area contributed by atoms with Crippen LogP contribution in [0.4, 0.5) is 5.69 Å². The van der Waals surface area contributed by atoms with Crippen LogP contribution in [0.15, 0.2) is 46.9 Å². The molecule has 8 nitrogen and oxygen atoms in total. The quantitative estimate of drug-likeness (QED) is 0.359. The zero-order valence-corrected chi connectivity index (χ0v) is 15.1. The largest absolute Gasteiger partial charge is 0.449 e. The van der Waals surface area contributed by atoms with Gasteiger partial charge in [0.25, 0.3) is 11.6 Å². The first-order valence-electron chi connectivity index (χ1n) is 7.90. The van der Waals surface area contributed by atoms with Crippen LogP contribution in [0.3, 0.4) is 0 Å². The minimum Gasteiger partial charge on any atom is -0.449 e. The lowest BCUT2D eigenvalue weighted by Gasteiger charge is -2.10. The normalized spacial score (nSPS) is 11.8. The number of nitro benzene ring substituents is 1. The number of rotatable bonds is 5. The van der Waals surface area contributed by atoms with Crippen LogP contribution in [0.25, 0.3) is 11.5 Å². The maximum absolute atomic E-state index is 12.3. The van der Waals surface area contributed by atoms with Crippen molar-refractivity contribution in [3.8, 4) is 11.5 Å². The second kappa shape index (κ2) is 7.55. The molecule has 138 valence electrons. The summed E-state index contributed by atoms with van der Waals surface area (Å²) < 4.78 is 10.8. The van der Waals surface area contributed by atoms with E-state index in [4.69, 9.17) is 20.8 Å². The summed E-state index contributed by atoms with van der Waals surface area (Å²) in [4.78, 5) is 22.4. The molecule has 0 N–H and O–H groups in total. The van der Waals surface area contributed by atoms with Gasteiger partial charge in [0.15, 0.2) is 6.10 Å². The van der Waals surface area contributed by atoms with Crippen molar-refractivity contribution in [2.45, 2.75) is 20.0 Å². The van der Waals surface area contributed by atoms with E-state index >= 15 is 0 Å². The molecule has 0 aliphatic heterocycles. The lowest BCUT2D eigenvalue weighted by atomic mass is 10.1. The van der Waals surface area contributed by atoms with Crippen molar-refractivity contribution in [3.63, 3.8) is 0 Å². The molecule has 1 heterocycles. The lowest BCUT2D eigenvalue weighted by Crippen LogP contribution is -2.10. The number of aromatic nitrogens is 2. The summed E-state index contributed by atoms with van der Waals surface area (Å²) >= 11 is 5.94. The highest BCUT2D eigenvalue weighted by Gasteiger charge is 2.22. The molecule has 0 aliphatic carbocycles. The predicted molar refractivity (Wildman–Crippen MR) is 96.4 cm³/mol. The van der Waals surface area contributed by atoms with E-state index in [-0.39, 0.29) is 22.2 Å². The third kappa shape index (κ3) is 4.12. The van der Waals surface area contributed by atoms with Gasteiger partial charge in [-0.25, -0.2) is 4.79 Å². The monoisotopic (exact) mass is 387 g/mol. The molecule has 0 radical (unpaired) electrons. The van der Waals surface area contributed by atoms with E-state index in [1.54, 1.807) is 6.92 Å². The molecule has 9 heteroatoms. The standard InChI is InChI=1S/C18H14ClN3O5/c1-10-3-5-12(6-4-10)17-21-20-16(27-17)11(2)26-18(23)14-8-7-13(22(24)25)9-15(14)19/h3-9,11H,1-2H3/t11-/m0/s1. The molecule has 0 saturated carbocycles. The number of ether oxygens (including phenoxy) is 1. The highest BCUT2D eigenvalue weighted by Crippen LogP contribution is 2.26. The number of hydrogen-bond donors (Lipinski definition) is 0. The van der Waals surface area contributed by atoms with E-state index in [1.165, 1.54) is 12.1 Å². The van der Waals surface area contributed by atoms with E-state index in [2.05, 4.69) is 10.2 Å². The first kappa shape index (κ1) is 18.5. The molecule has 0 unspecified atom stereocenters. The molecule has 0 amide bonds. The van der Waals surface area contributed by atoms with Gasteiger partial charge in [-0.2, -0.15) is 0 Å². The van der Waals surface area contributed by atoms with Gasteiger partial charge >= 0.3 is 5.97 Å². The van der Waals surface area contributed by atoms with Gasteiger partial charge in [-0.15, -0.1) is 10.2 Å². The van der Waals surface area contributed by atoms with Crippen molar-refractivity contribution in [2.24, 2.45) is 0 Å². The molecule has 3 rings (SSSR count). The van der Waals surface area contributed by atoms with Gasteiger partial charge in [0.05, 0.1) is 15.5 Å². The van der Waals surface area contributed by atoms with Crippen LogP contribution < -0.4 is 0 Å². The topological polar surface area (TPSA) is 108 Å². The Labute approximate surface area is 158 Å². The van der Waals surface area contributed by atoms with Gasteiger partial charge in [-0.3, -0.25) is 10.1 Å². The fourth-order valence-corrected chi connectivity index (χ4v) is 2.52. The number of non-ortho nitro benzene ring substituents is 1. The van der Waals surface area contributed by atoms with Crippen molar-refractivity contribution >= 4 is 23.3 Å². The molecule has 0 aliphatic rings. The maximum Gasteiger partial charge on any atom is 0.340 e. The van der Waals surface area contributed by atoms with E-state index < -0.39 is 17.0 Å². The van der Waals surface area contributed by atoms with Crippen LogP contribution >= 0.6 is 11.6 Å². The smallest absolute Gasteiger partial charge is 0.340 e. The first-order chi connectivity index (χ1) is 12.8. The number of carbonyl (C=O) groups is 1. The Bertz CT molecular complexity index is 1000. The minimum atomic E-state index is -0.824. The van der Waals surface area contributed by atoms with Gasteiger partial charge in [0, 0.05) is 17.7 Å². The fourth-order valence-electron chi connectivity index (χ4n) is 2.27. The van der Waals surface area contributed by atoms with Crippen molar-refractivity contribution in [1.82, 2.24) is 10.2 Å². The van der Waals surface area contributed by atoms with Crippen LogP contribution in [-0.4, -0.2) is 21.1 Å². The summed E-state index contributed by atoms with van der Waals surface area (Å²) in [5.41, 5.74) is 1.63. The third-order valence-electron chi connectivity index (χ3n) is 3.75. The Morgan fingerprint density at radius 1 is 1.22 bits per heavy atom. The SMILES string of the molecule is Cc1ccc(-c2nnc([C@H](C)OC(=O)c3ccc([N+](=O)[O-])cc3Cl)o2)cc1. The van der Waals surface area contributed by atoms with Crippen molar-refractivity contribution in [1.29, 1.82) is 0 Å². The molecule has 0 fully saturated rings. The summed E-state index contributed by atoms with van der Waals surface area (Å²) in [5, 5.41) is 18.5. The number of nitrogens with zero attached hydrogens (tertiary/aromatic N) is 3. The van der Waals surface area contributed by atoms with Gasteiger partial charge in [-0.1, -0.05) is 29.3 Å². The molecule has 0 bridgehead atoms. The maximum atomic E-state index is 12.3. The number of nitro groups is 1. The van der Waals surface area contributed by atoms with E-state index in [1.807, 2.05) is 31.2 Å². The number of esters is 1. The average molecular weight is 388 g/mol. The van der Waals surface area contributed by atoms with Crippen LogP contribution in [0.1, 0.15) is 34.8 Å².